The number of aryl methyl sites for hydroxylation is 2. The monoisotopic (exact) mass is 366 g/mol. The molecule has 0 atom stereocenters. The molecule has 0 spiro atoms. The largest absolute Gasteiger partial charge is 0.304 e. The van der Waals surface area contributed by atoms with Gasteiger partial charge in [-0.3, -0.25) is 0 Å². The Balaban J connectivity index is 1.85. The van der Waals surface area contributed by atoms with Crippen molar-refractivity contribution in [2.45, 2.75) is 13.8 Å². The van der Waals surface area contributed by atoms with Gasteiger partial charge in [-0.25, -0.2) is 9.97 Å². The normalized spacial score (nSPS) is 11.3. The average Bonchev–Trinajstić information content (AvgIpc) is 3.11. The summed E-state index contributed by atoms with van der Waals surface area (Å²) in [5, 5.41) is 0. The van der Waals surface area contributed by atoms with Crippen molar-refractivity contribution in [3.05, 3.63) is 71.2 Å². The van der Waals surface area contributed by atoms with E-state index in [1.165, 1.54) is 0 Å². The molecule has 4 aromatic rings. The SMILES string of the molecule is Cc1nccn1-c1ccc(-c2cccn3c(C)nc(Br)c23)cc1. The number of benzene rings is 1. The molecule has 23 heavy (non-hydrogen) atoms. The molecule has 4 nitrogen and oxygen atoms in total. The minimum Gasteiger partial charge on any atom is -0.304 e. The van der Waals surface area contributed by atoms with Gasteiger partial charge in [-0.1, -0.05) is 18.2 Å². The number of hydrogen-bond donors (Lipinski definition) is 0. The lowest BCUT2D eigenvalue weighted by Gasteiger charge is -2.09. The van der Waals surface area contributed by atoms with Crippen molar-refractivity contribution in [3.63, 3.8) is 0 Å². The molecule has 0 unspecified atom stereocenters. The number of imidazole rings is 2. The number of pyridine rings is 1. The summed E-state index contributed by atoms with van der Waals surface area (Å²) in [5.41, 5.74) is 4.53. The predicted molar refractivity (Wildman–Crippen MR) is 94.9 cm³/mol. The highest BCUT2D eigenvalue weighted by molar-refractivity contribution is 9.10. The smallest absolute Gasteiger partial charge is 0.132 e. The van der Waals surface area contributed by atoms with E-state index in [0.29, 0.717) is 0 Å². The fourth-order valence-electron chi connectivity index (χ4n) is 2.92. The summed E-state index contributed by atoms with van der Waals surface area (Å²) in [4.78, 5) is 8.79. The fraction of sp³-hybridized carbons (Fsp3) is 0.111. The van der Waals surface area contributed by atoms with Crippen molar-refractivity contribution < 1.29 is 0 Å². The second-order valence-corrected chi connectivity index (χ2v) is 6.23. The summed E-state index contributed by atoms with van der Waals surface area (Å²) < 4.78 is 5.05. The number of rotatable bonds is 2. The maximum Gasteiger partial charge on any atom is 0.132 e. The zero-order chi connectivity index (χ0) is 16.0. The van der Waals surface area contributed by atoms with Crippen LogP contribution in [0.3, 0.4) is 0 Å². The number of nitrogens with zero attached hydrogens (tertiary/aromatic N) is 4. The highest BCUT2D eigenvalue weighted by Gasteiger charge is 2.11. The minimum absolute atomic E-state index is 0.875. The van der Waals surface area contributed by atoms with Gasteiger partial charge in [0.25, 0.3) is 0 Å². The Morgan fingerprint density at radius 1 is 0.957 bits per heavy atom. The van der Waals surface area contributed by atoms with Crippen molar-refractivity contribution in [1.29, 1.82) is 0 Å². The molecule has 4 rings (SSSR count). The van der Waals surface area contributed by atoms with E-state index in [2.05, 4.69) is 71.3 Å². The van der Waals surface area contributed by atoms with Crippen LogP contribution in [0.25, 0.3) is 22.3 Å². The van der Waals surface area contributed by atoms with Crippen LogP contribution in [0.1, 0.15) is 11.6 Å². The maximum atomic E-state index is 4.51. The Bertz CT molecular complexity index is 996. The van der Waals surface area contributed by atoms with Gasteiger partial charge in [0, 0.05) is 29.8 Å². The minimum atomic E-state index is 0.875. The first kappa shape index (κ1) is 14.2. The van der Waals surface area contributed by atoms with Gasteiger partial charge in [-0.05, 0) is 53.5 Å². The quantitative estimate of drug-likeness (QED) is 0.520. The molecule has 1 aromatic carbocycles. The first-order valence-electron chi connectivity index (χ1n) is 7.39. The zero-order valence-corrected chi connectivity index (χ0v) is 14.4. The molecule has 114 valence electrons. The topological polar surface area (TPSA) is 35.1 Å². The number of halogens is 1. The highest BCUT2D eigenvalue weighted by Crippen LogP contribution is 2.31. The van der Waals surface area contributed by atoms with E-state index >= 15 is 0 Å². The van der Waals surface area contributed by atoms with Crippen molar-refractivity contribution in [2.75, 3.05) is 0 Å². The van der Waals surface area contributed by atoms with Gasteiger partial charge in [0.15, 0.2) is 0 Å². The van der Waals surface area contributed by atoms with Crippen LogP contribution >= 0.6 is 15.9 Å². The molecule has 0 aliphatic carbocycles. The second-order valence-electron chi connectivity index (χ2n) is 5.48. The summed E-state index contributed by atoms with van der Waals surface area (Å²) in [6, 6.07) is 12.7. The molecule has 0 amide bonds. The van der Waals surface area contributed by atoms with Crippen LogP contribution in [-0.4, -0.2) is 18.9 Å². The summed E-state index contributed by atoms with van der Waals surface area (Å²) >= 11 is 3.58. The van der Waals surface area contributed by atoms with Crippen molar-refractivity contribution in [2.24, 2.45) is 0 Å². The van der Waals surface area contributed by atoms with Crippen LogP contribution in [-0.2, 0) is 0 Å². The Labute approximate surface area is 142 Å². The molecule has 0 saturated carbocycles. The van der Waals surface area contributed by atoms with Crippen LogP contribution in [0.5, 0.6) is 0 Å². The molecular formula is C18H15BrN4. The van der Waals surface area contributed by atoms with E-state index < -0.39 is 0 Å². The van der Waals surface area contributed by atoms with Gasteiger partial charge in [-0.2, -0.15) is 0 Å². The van der Waals surface area contributed by atoms with Crippen molar-refractivity contribution >= 4 is 21.4 Å². The molecule has 0 aliphatic heterocycles. The van der Waals surface area contributed by atoms with E-state index in [4.69, 9.17) is 0 Å². The molecule has 3 heterocycles. The van der Waals surface area contributed by atoms with Crippen LogP contribution in [0.15, 0.2) is 59.6 Å². The molecular weight excluding hydrogens is 352 g/mol. The summed E-state index contributed by atoms with van der Waals surface area (Å²) in [7, 11) is 0. The van der Waals surface area contributed by atoms with Gasteiger partial charge in [0.2, 0.25) is 0 Å². The molecule has 0 saturated heterocycles. The van der Waals surface area contributed by atoms with E-state index in [0.717, 1.165) is 38.6 Å². The van der Waals surface area contributed by atoms with Gasteiger partial charge in [0.05, 0.1) is 5.52 Å². The van der Waals surface area contributed by atoms with Gasteiger partial charge < -0.3 is 8.97 Å². The van der Waals surface area contributed by atoms with Crippen molar-refractivity contribution in [1.82, 2.24) is 18.9 Å². The molecule has 0 aliphatic rings. The standard InChI is InChI=1S/C18H15BrN4/c1-12-20-9-11-22(12)15-7-5-14(6-8-15)16-4-3-10-23-13(2)21-18(19)17(16)23/h3-11H,1-2H3. The van der Waals surface area contributed by atoms with E-state index in [9.17, 15) is 0 Å². The number of hydrogen-bond acceptors (Lipinski definition) is 2. The van der Waals surface area contributed by atoms with E-state index in [1.54, 1.807) is 0 Å². The van der Waals surface area contributed by atoms with E-state index in [1.807, 2.05) is 32.4 Å². The summed E-state index contributed by atoms with van der Waals surface area (Å²) in [5.74, 6) is 1.95. The third-order valence-electron chi connectivity index (χ3n) is 4.08. The van der Waals surface area contributed by atoms with Gasteiger partial charge in [-0.15, -0.1) is 0 Å². The third-order valence-corrected chi connectivity index (χ3v) is 4.63. The molecule has 3 aromatic heterocycles. The number of aromatic nitrogens is 4. The molecule has 0 radical (unpaired) electrons. The molecule has 0 N–H and O–H groups in total. The first-order valence-corrected chi connectivity index (χ1v) is 8.18. The van der Waals surface area contributed by atoms with Crippen LogP contribution < -0.4 is 0 Å². The van der Waals surface area contributed by atoms with Crippen molar-refractivity contribution in [3.8, 4) is 16.8 Å². The maximum absolute atomic E-state index is 4.51. The zero-order valence-electron chi connectivity index (χ0n) is 12.9. The Hall–Kier alpha value is -2.40. The molecule has 5 heteroatoms. The third kappa shape index (κ3) is 2.28. The highest BCUT2D eigenvalue weighted by atomic mass is 79.9. The number of fused-ring (bicyclic) bond motifs is 1. The van der Waals surface area contributed by atoms with Gasteiger partial charge in [0.1, 0.15) is 16.3 Å². The lowest BCUT2D eigenvalue weighted by molar-refractivity contribution is 0.975. The second kappa shape index (κ2) is 5.35. The predicted octanol–water partition coefficient (Wildman–Crippen LogP) is 4.57. The molecule has 0 bridgehead atoms. The van der Waals surface area contributed by atoms with E-state index in [-0.39, 0.29) is 0 Å². The first-order chi connectivity index (χ1) is 11.1. The van der Waals surface area contributed by atoms with Gasteiger partial charge >= 0.3 is 0 Å². The van der Waals surface area contributed by atoms with Crippen LogP contribution in [0, 0.1) is 13.8 Å². The average molecular weight is 367 g/mol. The Morgan fingerprint density at radius 2 is 1.74 bits per heavy atom. The molecule has 0 fully saturated rings. The fourth-order valence-corrected chi connectivity index (χ4v) is 3.58. The lowest BCUT2D eigenvalue weighted by atomic mass is 10.1. The Kier molecular flexibility index (Phi) is 3.31. The van der Waals surface area contributed by atoms with Crippen LogP contribution in [0.2, 0.25) is 0 Å². The summed E-state index contributed by atoms with van der Waals surface area (Å²) in [6.07, 6.45) is 5.83. The lowest BCUT2D eigenvalue weighted by Crippen LogP contribution is -1.95. The Morgan fingerprint density at radius 3 is 2.43 bits per heavy atom. The van der Waals surface area contributed by atoms with Crippen LogP contribution in [0.4, 0.5) is 0 Å². The summed E-state index contributed by atoms with van der Waals surface area (Å²) in [6.45, 7) is 4.01.